The number of nitrogens with zero attached hydrogens (tertiary/aromatic N) is 3. The summed E-state index contributed by atoms with van der Waals surface area (Å²) in [5.74, 6) is 0.287. The number of carbonyl (C=O) groups excluding carboxylic acids is 1. The van der Waals surface area contributed by atoms with E-state index >= 15 is 0 Å². The molecule has 2 atom stereocenters. The predicted octanol–water partition coefficient (Wildman–Crippen LogP) is -2.95. The van der Waals surface area contributed by atoms with Gasteiger partial charge in [-0.2, -0.15) is 0 Å². The molecule has 5 N–H and O–H groups in total. The standard InChI is InChI=1S/C18H27N5O5.2CH2O2/c24-12-18-10-22(8-14-5-15(25)20-17(27)19-14)6-13(18)7-23(11-18)16(26)9-21-1-3-28-4-2-21;2*2-1-3/h5,13,24H,1-4,6-12H2,(H2,19,20,25,27);2*1H,(H,2,3)/t13-,18+;;/m0../s1. The molecule has 0 bridgehead atoms. The smallest absolute Gasteiger partial charge is 0.325 e. The minimum Gasteiger partial charge on any atom is -0.483 e. The third-order valence-electron chi connectivity index (χ3n) is 6.17. The highest BCUT2D eigenvalue weighted by Crippen LogP contribution is 2.42. The van der Waals surface area contributed by atoms with Crippen LogP contribution < -0.4 is 11.2 Å². The Kier molecular flexibility index (Phi) is 10.4. The molecule has 0 unspecified atom stereocenters. The van der Waals surface area contributed by atoms with Crippen LogP contribution in [0.5, 0.6) is 0 Å². The molecule has 14 heteroatoms. The van der Waals surface area contributed by atoms with Crippen molar-refractivity contribution >= 4 is 18.9 Å². The van der Waals surface area contributed by atoms with E-state index in [1.807, 2.05) is 4.90 Å². The van der Waals surface area contributed by atoms with Gasteiger partial charge in [0.05, 0.1) is 26.4 Å². The molecule has 1 aromatic heterocycles. The molecule has 0 aliphatic carbocycles. The van der Waals surface area contributed by atoms with E-state index in [1.54, 1.807) is 0 Å². The number of rotatable bonds is 5. The number of aliphatic hydroxyl groups excluding tert-OH is 1. The maximum atomic E-state index is 12.7. The van der Waals surface area contributed by atoms with Gasteiger partial charge in [0, 0.05) is 63.0 Å². The number of nitrogens with one attached hydrogen (secondary N) is 2. The number of aliphatic hydroxyl groups is 1. The van der Waals surface area contributed by atoms with E-state index < -0.39 is 11.2 Å². The van der Waals surface area contributed by atoms with Gasteiger partial charge in [0.2, 0.25) is 5.91 Å². The second-order valence-electron chi connectivity index (χ2n) is 8.37. The van der Waals surface area contributed by atoms with Crippen LogP contribution in [0, 0.1) is 11.3 Å². The summed E-state index contributed by atoms with van der Waals surface area (Å²) in [6, 6.07) is 1.39. The third-order valence-corrected chi connectivity index (χ3v) is 6.17. The van der Waals surface area contributed by atoms with Crippen molar-refractivity contribution in [2.24, 2.45) is 11.3 Å². The molecule has 14 nitrogen and oxygen atoms in total. The summed E-state index contributed by atoms with van der Waals surface area (Å²) in [6.07, 6.45) is 0. The number of fused-ring (bicyclic) bond motifs is 1. The van der Waals surface area contributed by atoms with Gasteiger partial charge in [0.15, 0.2) is 0 Å². The first-order chi connectivity index (χ1) is 16.3. The summed E-state index contributed by atoms with van der Waals surface area (Å²) < 4.78 is 5.33. The zero-order valence-electron chi connectivity index (χ0n) is 18.7. The number of carboxylic acid groups (broad SMARTS) is 2. The molecule has 0 saturated carbocycles. The lowest BCUT2D eigenvalue weighted by Crippen LogP contribution is -2.45. The Balaban J connectivity index is 0.000000618. The van der Waals surface area contributed by atoms with Crippen LogP contribution in [-0.4, -0.2) is 124 Å². The van der Waals surface area contributed by atoms with Crippen LogP contribution in [0.4, 0.5) is 0 Å². The number of morpholine rings is 1. The largest absolute Gasteiger partial charge is 0.483 e. The molecule has 1 amide bonds. The van der Waals surface area contributed by atoms with Crippen molar-refractivity contribution in [2.45, 2.75) is 6.54 Å². The third kappa shape index (κ3) is 7.21. The van der Waals surface area contributed by atoms with E-state index in [0.29, 0.717) is 51.6 Å². The van der Waals surface area contributed by atoms with Crippen molar-refractivity contribution in [3.05, 3.63) is 32.6 Å². The van der Waals surface area contributed by atoms with Crippen LogP contribution >= 0.6 is 0 Å². The minimum absolute atomic E-state index is 0.0153. The van der Waals surface area contributed by atoms with Crippen molar-refractivity contribution in [3.63, 3.8) is 0 Å². The summed E-state index contributed by atoms with van der Waals surface area (Å²) in [7, 11) is 0. The fourth-order valence-electron chi connectivity index (χ4n) is 4.72. The highest BCUT2D eigenvalue weighted by molar-refractivity contribution is 5.78. The van der Waals surface area contributed by atoms with Crippen molar-refractivity contribution < 1.29 is 34.4 Å². The van der Waals surface area contributed by atoms with Gasteiger partial charge >= 0.3 is 5.69 Å². The molecule has 3 aliphatic rings. The second-order valence-corrected chi connectivity index (χ2v) is 8.37. The number of ether oxygens (including phenoxy) is 1. The monoisotopic (exact) mass is 485 g/mol. The first-order valence-electron chi connectivity index (χ1n) is 10.7. The van der Waals surface area contributed by atoms with E-state index in [1.165, 1.54) is 6.07 Å². The summed E-state index contributed by atoms with van der Waals surface area (Å²) >= 11 is 0. The van der Waals surface area contributed by atoms with Crippen molar-refractivity contribution in [2.75, 3.05) is 65.6 Å². The molecule has 34 heavy (non-hydrogen) atoms. The Labute approximate surface area is 194 Å². The molecule has 3 saturated heterocycles. The first-order valence-corrected chi connectivity index (χ1v) is 10.7. The topological polar surface area (TPSA) is 197 Å². The van der Waals surface area contributed by atoms with E-state index in [2.05, 4.69) is 19.8 Å². The second kappa shape index (κ2) is 13.0. The van der Waals surface area contributed by atoms with E-state index in [-0.39, 0.29) is 36.8 Å². The molecule has 190 valence electrons. The SMILES string of the molecule is O=C(CN1CCOCC1)N1C[C@@H]2CN(Cc3cc(=O)[nH]c(=O)[nH]3)C[C@]2(CO)C1.O=CO.O=CO. The zero-order chi connectivity index (χ0) is 25.1. The number of carbonyl (C=O) groups is 3. The molecule has 4 heterocycles. The maximum Gasteiger partial charge on any atom is 0.325 e. The molecular formula is C20H31N5O9. The normalized spacial score (nSPS) is 24.3. The van der Waals surface area contributed by atoms with Gasteiger partial charge in [-0.25, -0.2) is 4.79 Å². The molecule has 1 aromatic rings. The molecule has 3 aliphatic heterocycles. The molecular weight excluding hydrogens is 454 g/mol. The fourth-order valence-corrected chi connectivity index (χ4v) is 4.72. The Morgan fingerprint density at radius 1 is 1.09 bits per heavy atom. The van der Waals surface area contributed by atoms with Gasteiger partial charge < -0.3 is 29.9 Å². The van der Waals surface area contributed by atoms with Crippen molar-refractivity contribution in [1.82, 2.24) is 24.7 Å². The summed E-state index contributed by atoms with van der Waals surface area (Å²) in [5.41, 5.74) is -0.724. The van der Waals surface area contributed by atoms with Crippen LogP contribution in [0.1, 0.15) is 5.69 Å². The maximum absolute atomic E-state index is 12.7. The number of aromatic amines is 2. The average Bonchev–Trinajstić information content (AvgIpc) is 3.29. The lowest BCUT2D eigenvalue weighted by Gasteiger charge is -2.30. The number of amides is 1. The number of aromatic nitrogens is 2. The first kappa shape index (κ1) is 27.2. The average molecular weight is 485 g/mol. The van der Waals surface area contributed by atoms with Gasteiger partial charge in [-0.15, -0.1) is 0 Å². The lowest BCUT2D eigenvalue weighted by molar-refractivity contribution is -0.133. The molecule has 3 fully saturated rings. The Morgan fingerprint density at radius 2 is 1.74 bits per heavy atom. The van der Waals surface area contributed by atoms with Gasteiger partial charge in [0.25, 0.3) is 18.5 Å². The summed E-state index contributed by atoms with van der Waals surface area (Å²) in [4.78, 5) is 63.3. The summed E-state index contributed by atoms with van der Waals surface area (Å²) in [6.45, 7) is 5.75. The molecule has 0 radical (unpaired) electrons. The van der Waals surface area contributed by atoms with Crippen LogP contribution in [0.2, 0.25) is 0 Å². The fraction of sp³-hybridized carbons (Fsp3) is 0.650. The van der Waals surface area contributed by atoms with Gasteiger partial charge in [0.1, 0.15) is 0 Å². The van der Waals surface area contributed by atoms with E-state index in [4.69, 9.17) is 24.5 Å². The van der Waals surface area contributed by atoms with Gasteiger partial charge in [-0.05, 0) is 5.92 Å². The number of hydrogen-bond acceptors (Lipinski definition) is 9. The van der Waals surface area contributed by atoms with Crippen LogP contribution in [0.15, 0.2) is 15.7 Å². The highest BCUT2D eigenvalue weighted by Gasteiger charge is 2.53. The van der Waals surface area contributed by atoms with Crippen molar-refractivity contribution in [3.8, 4) is 0 Å². The Morgan fingerprint density at radius 3 is 2.29 bits per heavy atom. The van der Waals surface area contributed by atoms with Crippen LogP contribution in [0.25, 0.3) is 0 Å². The van der Waals surface area contributed by atoms with Crippen molar-refractivity contribution in [1.29, 1.82) is 0 Å². The lowest BCUT2D eigenvalue weighted by atomic mass is 9.82. The van der Waals surface area contributed by atoms with E-state index in [9.17, 15) is 19.5 Å². The highest BCUT2D eigenvalue weighted by atomic mass is 16.5. The predicted molar refractivity (Wildman–Crippen MR) is 117 cm³/mol. The number of hydrogen-bond donors (Lipinski definition) is 5. The van der Waals surface area contributed by atoms with E-state index in [0.717, 1.165) is 19.6 Å². The van der Waals surface area contributed by atoms with Gasteiger partial charge in [-0.3, -0.25) is 34.0 Å². The minimum atomic E-state index is -0.515. The summed E-state index contributed by atoms with van der Waals surface area (Å²) in [5, 5.41) is 23.9. The van der Waals surface area contributed by atoms with Crippen LogP contribution in [-0.2, 0) is 25.7 Å². The number of likely N-dealkylation sites (tertiary alicyclic amines) is 2. The Bertz CT molecular complexity index is 895. The molecule has 0 aromatic carbocycles. The van der Waals surface area contributed by atoms with Crippen LogP contribution in [0.3, 0.4) is 0 Å². The number of H-pyrrole nitrogens is 2. The zero-order valence-corrected chi connectivity index (χ0v) is 18.7. The molecule has 0 spiro atoms. The van der Waals surface area contributed by atoms with Gasteiger partial charge in [-0.1, -0.05) is 0 Å². The molecule has 4 rings (SSSR count). The Hall–Kier alpha value is -3.07. The quantitative estimate of drug-likeness (QED) is 0.267.